The van der Waals surface area contributed by atoms with Crippen LogP contribution in [0.2, 0.25) is 0 Å². The van der Waals surface area contributed by atoms with E-state index in [4.69, 9.17) is 5.73 Å². The zero-order valence-electron chi connectivity index (χ0n) is 14.6. The number of hydrogen-bond acceptors (Lipinski definition) is 2. The largest absolute Gasteiger partial charge is 0.370 e. The van der Waals surface area contributed by atoms with Gasteiger partial charge >= 0.3 is 0 Å². The summed E-state index contributed by atoms with van der Waals surface area (Å²) < 4.78 is 0. The molecule has 1 aromatic rings. The average Bonchev–Trinajstić information content (AvgIpc) is 2.54. The van der Waals surface area contributed by atoms with Crippen molar-refractivity contribution in [2.45, 2.75) is 51.6 Å². The smallest absolute Gasteiger partial charge is 0.191 e. The van der Waals surface area contributed by atoms with Crippen molar-refractivity contribution in [1.29, 1.82) is 0 Å². The third kappa shape index (κ3) is 6.67. The van der Waals surface area contributed by atoms with E-state index in [0.717, 1.165) is 13.1 Å². The second kappa shape index (κ2) is 9.47. The normalized spacial score (nSPS) is 17.5. The first-order valence-corrected chi connectivity index (χ1v) is 8.35. The van der Waals surface area contributed by atoms with Crippen LogP contribution in [0, 0.1) is 0 Å². The Morgan fingerprint density at radius 1 is 1.22 bits per heavy atom. The third-order valence-electron chi connectivity index (χ3n) is 4.22. The summed E-state index contributed by atoms with van der Waals surface area (Å²) in [6.07, 6.45) is 3.76. The second-order valence-corrected chi connectivity index (χ2v) is 6.88. The van der Waals surface area contributed by atoms with E-state index in [1.165, 1.54) is 24.8 Å². The molecule has 1 aliphatic heterocycles. The van der Waals surface area contributed by atoms with Crippen LogP contribution < -0.4 is 11.1 Å². The first-order chi connectivity index (χ1) is 10.5. The second-order valence-electron chi connectivity index (χ2n) is 6.88. The van der Waals surface area contributed by atoms with Gasteiger partial charge in [-0.25, -0.2) is 0 Å². The van der Waals surface area contributed by atoms with E-state index in [9.17, 15) is 0 Å². The number of halogens is 1. The number of likely N-dealkylation sites (tertiary alicyclic amines) is 1. The molecule has 0 amide bonds. The van der Waals surface area contributed by atoms with Gasteiger partial charge in [0.25, 0.3) is 0 Å². The molecule has 0 bridgehead atoms. The topological polar surface area (TPSA) is 53.6 Å². The van der Waals surface area contributed by atoms with Crippen LogP contribution >= 0.6 is 24.0 Å². The highest BCUT2D eigenvalue weighted by molar-refractivity contribution is 14.0. The summed E-state index contributed by atoms with van der Waals surface area (Å²) in [7, 11) is 0. The van der Waals surface area contributed by atoms with Crippen LogP contribution in [0.15, 0.2) is 35.3 Å². The molecule has 0 aromatic heterocycles. The molecule has 1 atom stereocenters. The van der Waals surface area contributed by atoms with E-state index in [0.29, 0.717) is 18.5 Å². The molecule has 0 saturated carbocycles. The van der Waals surface area contributed by atoms with Gasteiger partial charge in [0.1, 0.15) is 0 Å². The minimum absolute atomic E-state index is 0. The fourth-order valence-electron chi connectivity index (χ4n) is 2.96. The number of nitrogens with one attached hydrogen (secondary N) is 1. The molecule has 4 nitrogen and oxygen atoms in total. The lowest BCUT2D eigenvalue weighted by Crippen LogP contribution is -2.46. The molecule has 0 radical (unpaired) electrons. The van der Waals surface area contributed by atoms with Crippen molar-refractivity contribution in [1.82, 2.24) is 10.2 Å². The Morgan fingerprint density at radius 2 is 1.83 bits per heavy atom. The van der Waals surface area contributed by atoms with Crippen LogP contribution in [0.3, 0.4) is 0 Å². The summed E-state index contributed by atoms with van der Waals surface area (Å²) in [5, 5.41) is 3.65. The standard InChI is InChI=1S/C18H30N4.HI/c1-15(16-10-6-4-7-11-16)21-18(2,3)14-20-17(19)22-12-8-5-9-13-22;/h4,6-7,10-11,15,21H,5,8-9,12-14H2,1-3H3,(H2,19,20);1H. The quantitative estimate of drug-likeness (QED) is 0.427. The van der Waals surface area contributed by atoms with Crippen LogP contribution in [0.25, 0.3) is 0 Å². The molecule has 2 rings (SSSR count). The molecule has 130 valence electrons. The third-order valence-corrected chi connectivity index (χ3v) is 4.22. The molecule has 23 heavy (non-hydrogen) atoms. The highest BCUT2D eigenvalue weighted by Gasteiger charge is 2.21. The molecule has 1 heterocycles. The van der Waals surface area contributed by atoms with Crippen LogP contribution in [0.5, 0.6) is 0 Å². The van der Waals surface area contributed by atoms with Gasteiger partial charge in [0, 0.05) is 24.7 Å². The summed E-state index contributed by atoms with van der Waals surface area (Å²) in [6.45, 7) is 9.33. The van der Waals surface area contributed by atoms with Crippen molar-refractivity contribution in [3.05, 3.63) is 35.9 Å². The van der Waals surface area contributed by atoms with E-state index >= 15 is 0 Å². The van der Waals surface area contributed by atoms with Crippen LogP contribution in [0.1, 0.15) is 51.6 Å². The van der Waals surface area contributed by atoms with Crippen LogP contribution in [-0.2, 0) is 0 Å². The Bertz CT molecular complexity index is 481. The van der Waals surface area contributed by atoms with Gasteiger partial charge in [-0.3, -0.25) is 4.99 Å². The molecule has 5 heteroatoms. The molecule has 0 aliphatic carbocycles. The first kappa shape index (κ1) is 20.2. The molecule has 1 unspecified atom stereocenters. The van der Waals surface area contributed by atoms with Gasteiger partial charge in [0.05, 0.1) is 6.54 Å². The van der Waals surface area contributed by atoms with Gasteiger partial charge in [-0.05, 0) is 45.6 Å². The maximum Gasteiger partial charge on any atom is 0.191 e. The SMILES string of the molecule is CC(NC(C)(C)CN=C(N)N1CCCCC1)c1ccccc1.I. The number of rotatable bonds is 5. The zero-order valence-corrected chi connectivity index (χ0v) is 16.9. The summed E-state index contributed by atoms with van der Waals surface area (Å²) >= 11 is 0. The van der Waals surface area contributed by atoms with Crippen molar-refractivity contribution in [3.8, 4) is 0 Å². The van der Waals surface area contributed by atoms with E-state index in [2.05, 4.69) is 60.2 Å². The van der Waals surface area contributed by atoms with Gasteiger partial charge in [0.2, 0.25) is 0 Å². The Kier molecular flexibility index (Phi) is 8.33. The van der Waals surface area contributed by atoms with Gasteiger partial charge < -0.3 is 16.0 Å². The molecular weight excluding hydrogens is 399 g/mol. The van der Waals surface area contributed by atoms with E-state index in [1.807, 2.05) is 6.07 Å². The average molecular weight is 430 g/mol. The highest BCUT2D eigenvalue weighted by atomic mass is 127. The first-order valence-electron chi connectivity index (χ1n) is 8.35. The van der Waals surface area contributed by atoms with Crippen molar-refractivity contribution in [2.24, 2.45) is 10.7 Å². The predicted octanol–water partition coefficient (Wildman–Crippen LogP) is 3.53. The molecule has 3 N–H and O–H groups in total. The lowest BCUT2D eigenvalue weighted by atomic mass is 10.0. The fraction of sp³-hybridized carbons (Fsp3) is 0.611. The van der Waals surface area contributed by atoms with Crippen molar-refractivity contribution >= 4 is 29.9 Å². The molecule has 1 saturated heterocycles. The van der Waals surface area contributed by atoms with Gasteiger partial charge in [0.15, 0.2) is 5.96 Å². The van der Waals surface area contributed by atoms with Crippen molar-refractivity contribution < 1.29 is 0 Å². The molecular formula is C18H31IN4. The Morgan fingerprint density at radius 3 is 2.43 bits per heavy atom. The maximum absolute atomic E-state index is 6.15. The lowest BCUT2D eigenvalue weighted by molar-refractivity contribution is 0.330. The Hall–Kier alpha value is -0.820. The zero-order chi connectivity index (χ0) is 16.0. The van der Waals surface area contributed by atoms with E-state index in [-0.39, 0.29) is 29.5 Å². The van der Waals surface area contributed by atoms with Gasteiger partial charge in [-0.1, -0.05) is 30.3 Å². The molecule has 1 aromatic carbocycles. The van der Waals surface area contributed by atoms with Crippen LogP contribution in [0.4, 0.5) is 0 Å². The highest BCUT2D eigenvalue weighted by Crippen LogP contribution is 2.16. The Labute approximate surface area is 157 Å². The number of guanidine groups is 1. The summed E-state index contributed by atoms with van der Waals surface area (Å²) in [5.74, 6) is 0.696. The maximum atomic E-state index is 6.15. The summed E-state index contributed by atoms with van der Waals surface area (Å²) in [5.41, 5.74) is 7.35. The number of aliphatic imine (C=N–C) groups is 1. The number of nitrogens with two attached hydrogens (primary N) is 1. The van der Waals surface area contributed by atoms with Gasteiger partial charge in [-0.15, -0.1) is 24.0 Å². The minimum Gasteiger partial charge on any atom is -0.370 e. The monoisotopic (exact) mass is 430 g/mol. The van der Waals surface area contributed by atoms with Crippen LogP contribution in [-0.4, -0.2) is 36.0 Å². The molecule has 1 aliphatic rings. The van der Waals surface area contributed by atoms with E-state index < -0.39 is 0 Å². The van der Waals surface area contributed by atoms with E-state index in [1.54, 1.807) is 0 Å². The Balaban J connectivity index is 0.00000264. The number of hydrogen-bond donors (Lipinski definition) is 2. The minimum atomic E-state index is -0.0876. The van der Waals surface area contributed by atoms with Crippen molar-refractivity contribution in [3.63, 3.8) is 0 Å². The lowest BCUT2D eigenvalue weighted by Gasteiger charge is -2.31. The predicted molar refractivity (Wildman–Crippen MR) is 109 cm³/mol. The fourth-order valence-corrected chi connectivity index (χ4v) is 2.96. The van der Waals surface area contributed by atoms with Crippen molar-refractivity contribution in [2.75, 3.05) is 19.6 Å². The summed E-state index contributed by atoms with van der Waals surface area (Å²) in [4.78, 5) is 6.83. The molecule has 1 fully saturated rings. The molecule has 0 spiro atoms. The van der Waals surface area contributed by atoms with Gasteiger partial charge in [-0.2, -0.15) is 0 Å². The number of piperidine rings is 1. The number of benzene rings is 1. The number of nitrogens with zero attached hydrogens (tertiary/aromatic N) is 2. The summed E-state index contributed by atoms with van der Waals surface area (Å²) in [6, 6.07) is 10.8.